The Hall–Kier alpha value is -0.770. The van der Waals surface area contributed by atoms with Gasteiger partial charge in [-0.1, -0.05) is 0 Å². The molecule has 2 aliphatic rings. The van der Waals surface area contributed by atoms with Gasteiger partial charge in [0.05, 0.1) is 6.04 Å². The summed E-state index contributed by atoms with van der Waals surface area (Å²) in [6, 6.07) is 0.986. The van der Waals surface area contributed by atoms with Crippen LogP contribution in [-0.2, 0) is 0 Å². The molecular weight excluding hydrogens is 178 g/mol. The third-order valence-electron chi connectivity index (χ3n) is 3.21. The van der Waals surface area contributed by atoms with E-state index < -0.39 is 0 Å². The van der Waals surface area contributed by atoms with E-state index in [9.17, 15) is 4.79 Å². The van der Waals surface area contributed by atoms with E-state index in [1.165, 1.54) is 0 Å². The molecule has 2 aliphatic heterocycles. The average molecular weight is 197 g/mol. The highest BCUT2D eigenvalue weighted by Crippen LogP contribution is 2.21. The van der Waals surface area contributed by atoms with Crippen LogP contribution in [0.3, 0.4) is 0 Å². The average Bonchev–Trinajstić information content (AvgIpc) is 2.43. The first-order valence-corrected chi connectivity index (χ1v) is 5.35. The van der Waals surface area contributed by atoms with Crippen molar-refractivity contribution >= 4 is 6.03 Å². The fraction of sp³-hybridized carbons (Fsp3) is 0.900. The maximum Gasteiger partial charge on any atom is 0.320 e. The highest BCUT2D eigenvalue weighted by atomic mass is 16.2. The van der Waals surface area contributed by atoms with Crippen LogP contribution in [0.25, 0.3) is 0 Å². The molecule has 2 fully saturated rings. The first-order valence-electron chi connectivity index (χ1n) is 5.35. The molecule has 2 amide bonds. The van der Waals surface area contributed by atoms with E-state index in [-0.39, 0.29) is 6.03 Å². The molecule has 4 nitrogen and oxygen atoms in total. The Kier molecular flexibility index (Phi) is 2.39. The van der Waals surface area contributed by atoms with Gasteiger partial charge in [-0.2, -0.15) is 0 Å². The van der Waals surface area contributed by atoms with E-state index in [0.717, 1.165) is 26.2 Å². The van der Waals surface area contributed by atoms with Crippen LogP contribution >= 0.6 is 0 Å². The van der Waals surface area contributed by atoms with Crippen molar-refractivity contribution in [2.24, 2.45) is 0 Å². The molecule has 2 rings (SSSR count). The van der Waals surface area contributed by atoms with Gasteiger partial charge in [0, 0.05) is 32.2 Å². The zero-order chi connectivity index (χ0) is 10.3. The van der Waals surface area contributed by atoms with Crippen molar-refractivity contribution in [3.05, 3.63) is 0 Å². The number of rotatable bonds is 1. The van der Waals surface area contributed by atoms with Gasteiger partial charge in [0.1, 0.15) is 0 Å². The minimum Gasteiger partial charge on any atom is -0.320 e. The van der Waals surface area contributed by atoms with Crippen molar-refractivity contribution in [2.75, 3.05) is 33.2 Å². The first-order chi connectivity index (χ1) is 6.59. The third-order valence-corrected chi connectivity index (χ3v) is 3.21. The van der Waals surface area contributed by atoms with E-state index in [1.807, 2.05) is 9.80 Å². The molecule has 4 heteroatoms. The SMILES string of the molecule is CC(C)N1CC2CN(C)CCN2C1=O. The molecule has 1 unspecified atom stereocenters. The second-order valence-corrected chi connectivity index (χ2v) is 4.64. The molecule has 0 spiro atoms. The Morgan fingerprint density at radius 2 is 2.00 bits per heavy atom. The van der Waals surface area contributed by atoms with Gasteiger partial charge in [0.25, 0.3) is 0 Å². The van der Waals surface area contributed by atoms with Crippen LogP contribution in [0.4, 0.5) is 4.79 Å². The summed E-state index contributed by atoms with van der Waals surface area (Å²) in [6.07, 6.45) is 0. The molecule has 0 aromatic heterocycles. The van der Waals surface area contributed by atoms with Gasteiger partial charge in [0.2, 0.25) is 0 Å². The molecule has 0 N–H and O–H groups in total. The molecule has 80 valence electrons. The van der Waals surface area contributed by atoms with Gasteiger partial charge in [-0.15, -0.1) is 0 Å². The highest BCUT2D eigenvalue weighted by molar-refractivity contribution is 5.77. The standard InChI is InChI=1S/C10H19N3O/c1-8(2)13-7-9-6-11(3)4-5-12(9)10(13)14/h8-9H,4-7H2,1-3H3. The summed E-state index contributed by atoms with van der Waals surface area (Å²) in [6.45, 7) is 7.99. The smallest absolute Gasteiger partial charge is 0.320 e. The van der Waals surface area contributed by atoms with E-state index in [1.54, 1.807) is 0 Å². The van der Waals surface area contributed by atoms with Crippen molar-refractivity contribution in [3.8, 4) is 0 Å². The molecule has 0 bridgehead atoms. The van der Waals surface area contributed by atoms with Gasteiger partial charge >= 0.3 is 6.03 Å². The number of hydrogen-bond donors (Lipinski definition) is 0. The van der Waals surface area contributed by atoms with Crippen LogP contribution in [-0.4, -0.2) is 66.0 Å². The summed E-state index contributed by atoms with van der Waals surface area (Å²) >= 11 is 0. The largest absolute Gasteiger partial charge is 0.320 e. The Balaban J connectivity index is 2.08. The van der Waals surface area contributed by atoms with Crippen molar-refractivity contribution in [1.29, 1.82) is 0 Å². The maximum absolute atomic E-state index is 11.9. The number of urea groups is 1. The molecule has 2 saturated heterocycles. The molecular formula is C10H19N3O. The highest BCUT2D eigenvalue weighted by Gasteiger charge is 2.40. The quantitative estimate of drug-likeness (QED) is 0.610. The predicted octanol–water partition coefficient (Wildman–Crippen LogP) is 0.446. The fourth-order valence-corrected chi connectivity index (χ4v) is 2.32. The van der Waals surface area contributed by atoms with Crippen molar-refractivity contribution in [3.63, 3.8) is 0 Å². The monoisotopic (exact) mass is 197 g/mol. The predicted molar refractivity (Wildman–Crippen MR) is 55.2 cm³/mol. The lowest BCUT2D eigenvalue weighted by molar-refractivity contribution is 0.137. The summed E-state index contributed by atoms with van der Waals surface area (Å²) < 4.78 is 0. The Morgan fingerprint density at radius 3 is 2.64 bits per heavy atom. The molecule has 0 aliphatic carbocycles. The summed E-state index contributed by atoms with van der Waals surface area (Å²) in [4.78, 5) is 18.2. The Bertz CT molecular complexity index is 242. The number of likely N-dealkylation sites (N-methyl/N-ethyl adjacent to an activating group) is 1. The Morgan fingerprint density at radius 1 is 1.29 bits per heavy atom. The first kappa shape index (κ1) is 9.77. The number of piperazine rings is 1. The van der Waals surface area contributed by atoms with Gasteiger partial charge in [0.15, 0.2) is 0 Å². The van der Waals surface area contributed by atoms with Crippen LogP contribution in [0, 0.1) is 0 Å². The molecule has 0 aromatic carbocycles. The van der Waals surface area contributed by atoms with Crippen LogP contribution < -0.4 is 0 Å². The summed E-state index contributed by atoms with van der Waals surface area (Å²) in [5.41, 5.74) is 0. The van der Waals surface area contributed by atoms with Crippen LogP contribution in [0.5, 0.6) is 0 Å². The minimum atomic E-state index is 0.234. The lowest BCUT2D eigenvalue weighted by atomic mass is 10.2. The lowest BCUT2D eigenvalue weighted by Crippen LogP contribution is -2.50. The van der Waals surface area contributed by atoms with Crippen molar-refractivity contribution < 1.29 is 4.79 Å². The third kappa shape index (κ3) is 1.47. The van der Waals surface area contributed by atoms with Gasteiger partial charge in [-0.05, 0) is 20.9 Å². The van der Waals surface area contributed by atoms with Crippen LogP contribution in [0.1, 0.15) is 13.8 Å². The molecule has 0 aromatic rings. The molecule has 14 heavy (non-hydrogen) atoms. The fourth-order valence-electron chi connectivity index (χ4n) is 2.32. The molecule has 1 atom stereocenters. The number of carbonyl (C=O) groups is 1. The second-order valence-electron chi connectivity index (χ2n) is 4.64. The minimum absolute atomic E-state index is 0.234. The lowest BCUT2D eigenvalue weighted by Gasteiger charge is -2.33. The second kappa shape index (κ2) is 3.42. The van der Waals surface area contributed by atoms with Crippen molar-refractivity contribution in [2.45, 2.75) is 25.9 Å². The summed E-state index contributed by atoms with van der Waals surface area (Å²) in [5.74, 6) is 0. The van der Waals surface area contributed by atoms with Crippen LogP contribution in [0.15, 0.2) is 0 Å². The van der Waals surface area contributed by atoms with E-state index >= 15 is 0 Å². The maximum atomic E-state index is 11.9. The zero-order valence-corrected chi connectivity index (χ0v) is 9.23. The molecule has 0 radical (unpaired) electrons. The van der Waals surface area contributed by atoms with E-state index in [2.05, 4.69) is 25.8 Å². The zero-order valence-electron chi connectivity index (χ0n) is 9.23. The number of carbonyl (C=O) groups excluding carboxylic acids is 1. The Labute approximate surface area is 85.5 Å². The normalized spacial score (nSPS) is 28.9. The number of amides is 2. The van der Waals surface area contributed by atoms with E-state index in [4.69, 9.17) is 0 Å². The number of nitrogens with zero attached hydrogens (tertiary/aromatic N) is 3. The number of hydrogen-bond acceptors (Lipinski definition) is 2. The topological polar surface area (TPSA) is 26.8 Å². The van der Waals surface area contributed by atoms with Gasteiger partial charge < -0.3 is 14.7 Å². The summed E-state index contributed by atoms with van der Waals surface area (Å²) in [7, 11) is 2.12. The van der Waals surface area contributed by atoms with Crippen molar-refractivity contribution in [1.82, 2.24) is 14.7 Å². The molecule has 0 saturated carbocycles. The summed E-state index contributed by atoms with van der Waals surface area (Å²) in [5, 5.41) is 0. The number of fused-ring (bicyclic) bond motifs is 1. The molecule has 2 heterocycles. The van der Waals surface area contributed by atoms with E-state index in [0.29, 0.717) is 12.1 Å². The van der Waals surface area contributed by atoms with Gasteiger partial charge in [-0.25, -0.2) is 4.79 Å². The van der Waals surface area contributed by atoms with Crippen LogP contribution in [0.2, 0.25) is 0 Å². The van der Waals surface area contributed by atoms with Gasteiger partial charge in [-0.3, -0.25) is 0 Å².